The van der Waals surface area contributed by atoms with E-state index in [4.69, 9.17) is 13.9 Å². The first-order valence-electron chi connectivity index (χ1n) is 17.7. The molecule has 1 aliphatic heterocycles. The lowest BCUT2D eigenvalue weighted by Crippen LogP contribution is -2.14. The van der Waals surface area contributed by atoms with Crippen LogP contribution in [0.25, 0.3) is 65.2 Å². The number of para-hydroxylation sites is 1. The second-order valence-electron chi connectivity index (χ2n) is 13.0. The van der Waals surface area contributed by atoms with E-state index in [-0.39, 0.29) is 0 Å². The van der Waals surface area contributed by atoms with E-state index < -0.39 is 0 Å². The molecule has 4 heterocycles. The number of thiophene rings is 1. The Kier molecular flexibility index (Phi) is 7.73. The molecule has 3 aromatic heterocycles. The van der Waals surface area contributed by atoms with Crippen molar-refractivity contribution in [3.8, 4) is 54.6 Å². The third-order valence-corrected chi connectivity index (χ3v) is 11.0. The van der Waals surface area contributed by atoms with Crippen molar-refractivity contribution in [3.05, 3.63) is 170 Å². The summed E-state index contributed by atoms with van der Waals surface area (Å²) in [4.78, 5) is 8.92. The Labute approximate surface area is 311 Å². The first kappa shape index (κ1) is 31.1. The predicted octanol–water partition coefficient (Wildman–Crippen LogP) is 13.0. The number of nitrogens with zero attached hydrogens (tertiary/aromatic N) is 2. The molecule has 0 aliphatic carbocycles. The fourth-order valence-corrected chi connectivity index (χ4v) is 8.41. The lowest BCUT2D eigenvalue weighted by molar-refractivity contribution is 0.175. The molecule has 10 rings (SSSR count). The van der Waals surface area contributed by atoms with Crippen molar-refractivity contribution < 1.29 is 13.9 Å². The number of ether oxygens (including phenoxy) is 2. The Morgan fingerprint density at radius 3 is 1.58 bits per heavy atom. The lowest BCUT2D eigenvalue weighted by atomic mass is 10.0. The Morgan fingerprint density at radius 1 is 0.453 bits per heavy atom. The molecular formula is C47H32N2O3S. The van der Waals surface area contributed by atoms with Gasteiger partial charge in [-0.25, -0.2) is 4.98 Å². The molecule has 6 aromatic carbocycles. The van der Waals surface area contributed by atoms with Crippen LogP contribution in [0, 0.1) is 0 Å². The number of furan rings is 1. The van der Waals surface area contributed by atoms with E-state index in [1.54, 1.807) is 17.5 Å². The molecule has 0 atom stereocenters. The molecule has 5 nitrogen and oxygen atoms in total. The summed E-state index contributed by atoms with van der Waals surface area (Å²) in [6, 6.07) is 57.4. The van der Waals surface area contributed by atoms with Gasteiger partial charge in [0, 0.05) is 39.6 Å². The molecule has 0 saturated carbocycles. The number of rotatable bonds is 7. The van der Waals surface area contributed by atoms with Gasteiger partial charge in [-0.05, 0) is 76.3 Å². The van der Waals surface area contributed by atoms with E-state index >= 15 is 0 Å². The van der Waals surface area contributed by atoms with Crippen LogP contribution < -0.4 is 14.4 Å². The first-order chi connectivity index (χ1) is 26.3. The van der Waals surface area contributed by atoms with Gasteiger partial charge >= 0.3 is 0 Å². The van der Waals surface area contributed by atoms with Crippen LogP contribution >= 0.6 is 11.3 Å². The minimum absolute atomic E-state index is 0.535. The lowest BCUT2D eigenvalue weighted by Gasteiger charge is -2.26. The zero-order valence-electron chi connectivity index (χ0n) is 28.6. The molecule has 0 radical (unpaired) electrons. The SMILES string of the molecule is c1ccc(-c2ccc(N(c3ccc(-c4sc(-c5ccccc5)c5c4OCCO5)cc3)c3ccc(-c4cccc5c4oc4ncccc45)cc3)cc2)cc1. The van der Waals surface area contributed by atoms with Gasteiger partial charge in [-0.1, -0.05) is 115 Å². The maximum Gasteiger partial charge on any atom is 0.227 e. The summed E-state index contributed by atoms with van der Waals surface area (Å²) >= 11 is 1.71. The van der Waals surface area contributed by atoms with Crippen molar-refractivity contribution in [2.75, 3.05) is 18.1 Å². The van der Waals surface area contributed by atoms with Gasteiger partial charge < -0.3 is 18.8 Å². The number of anilines is 3. The van der Waals surface area contributed by atoms with Crippen LogP contribution in [0.1, 0.15) is 0 Å². The van der Waals surface area contributed by atoms with E-state index in [2.05, 4.69) is 155 Å². The normalized spacial score (nSPS) is 12.3. The molecule has 1 aliphatic rings. The molecule has 0 fully saturated rings. The largest absolute Gasteiger partial charge is 0.485 e. The van der Waals surface area contributed by atoms with E-state index in [9.17, 15) is 0 Å². The standard InChI is InChI=1S/C47H32N2O3S/c1-3-9-31(10-4-1)32-16-22-36(23-17-32)49(37-24-18-33(19-25-37)39-13-7-14-40-41-15-8-28-48-47(41)52-42(39)40)38-26-20-35(21-27-38)46-44-43(50-29-30-51-44)45(53-46)34-11-5-2-6-12-34/h1-28H,29-30H2. The van der Waals surface area contributed by atoms with Crippen LogP contribution in [-0.2, 0) is 0 Å². The molecule has 0 amide bonds. The second kappa shape index (κ2) is 13.2. The molecule has 0 N–H and O–H groups in total. The van der Waals surface area contributed by atoms with Gasteiger partial charge in [-0.3, -0.25) is 0 Å². The summed E-state index contributed by atoms with van der Waals surface area (Å²) in [6.45, 7) is 1.08. The monoisotopic (exact) mass is 704 g/mol. The number of hydrogen-bond acceptors (Lipinski definition) is 6. The van der Waals surface area contributed by atoms with Crippen molar-refractivity contribution in [2.24, 2.45) is 0 Å². The molecule has 0 unspecified atom stereocenters. The Hall–Kier alpha value is -6.63. The zero-order chi connectivity index (χ0) is 35.1. The van der Waals surface area contributed by atoms with Gasteiger partial charge in [0.25, 0.3) is 0 Å². The average molecular weight is 705 g/mol. The minimum Gasteiger partial charge on any atom is -0.485 e. The number of benzene rings is 6. The van der Waals surface area contributed by atoms with E-state index in [1.807, 2.05) is 18.2 Å². The summed E-state index contributed by atoms with van der Waals surface area (Å²) in [6.07, 6.45) is 1.77. The van der Waals surface area contributed by atoms with Gasteiger partial charge in [0.2, 0.25) is 5.71 Å². The van der Waals surface area contributed by atoms with Crippen molar-refractivity contribution >= 4 is 50.5 Å². The van der Waals surface area contributed by atoms with Crippen LogP contribution in [-0.4, -0.2) is 18.2 Å². The van der Waals surface area contributed by atoms with E-state index in [1.165, 1.54) is 11.1 Å². The second-order valence-corrected chi connectivity index (χ2v) is 14.0. The summed E-state index contributed by atoms with van der Waals surface area (Å²) in [5, 5.41) is 2.09. The number of pyridine rings is 1. The van der Waals surface area contributed by atoms with Gasteiger partial charge in [0.1, 0.15) is 18.8 Å². The molecule has 53 heavy (non-hydrogen) atoms. The maximum absolute atomic E-state index is 6.27. The molecule has 254 valence electrons. The summed E-state index contributed by atoms with van der Waals surface area (Å²) < 4.78 is 18.7. The Bertz CT molecular complexity index is 2700. The van der Waals surface area contributed by atoms with Crippen LogP contribution in [0.15, 0.2) is 174 Å². The smallest absolute Gasteiger partial charge is 0.227 e. The molecular weight excluding hydrogens is 673 g/mol. The maximum atomic E-state index is 6.27. The number of fused-ring (bicyclic) bond motifs is 4. The molecule has 0 saturated heterocycles. The highest BCUT2D eigenvalue weighted by atomic mass is 32.1. The molecule has 9 aromatic rings. The average Bonchev–Trinajstić information content (AvgIpc) is 3.82. The summed E-state index contributed by atoms with van der Waals surface area (Å²) in [5.41, 5.74) is 11.3. The molecule has 0 bridgehead atoms. The Balaban J connectivity index is 1.04. The Morgan fingerprint density at radius 2 is 0.962 bits per heavy atom. The zero-order valence-corrected chi connectivity index (χ0v) is 29.4. The quantitative estimate of drug-likeness (QED) is 0.165. The predicted molar refractivity (Wildman–Crippen MR) is 217 cm³/mol. The van der Waals surface area contributed by atoms with Crippen molar-refractivity contribution in [1.82, 2.24) is 4.98 Å². The van der Waals surface area contributed by atoms with Gasteiger partial charge in [0.15, 0.2) is 11.5 Å². The van der Waals surface area contributed by atoms with E-state index in [0.717, 1.165) is 76.9 Å². The van der Waals surface area contributed by atoms with Crippen molar-refractivity contribution in [2.45, 2.75) is 0 Å². The first-order valence-corrected chi connectivity index (χ1v) is 18.5. The molecule has 6 heteroatoms. The fourth-order valence-electron chi connectivity index (χ4n) is 7.21. The van der Waals surface area contributed by atoms with Crippen LogP contribution in [0.3, 0.4) is 0 Å². The van der Waals surface area contributed by atoms with Gasteiger partial charge in [-0.15, -0.1) is 11.3 Å². The highest BCUT2D eigenvalue weighted by Gasteiger charge is 2.26. The highest BCUT2D eigenvalue weighted by Crippen LogP contribution is 2.54. The number of aromatic nitrogens is 1. The van der Waals surface area contributed by atoms with Crippen molar-refractivity contribution in [3.63, 3.8) is 0 Å². The topological polar surface area (TPSA) is 47.7 Å². The highest BCUT2D eigenvalue weighted by molar-refractivity contribution is 7.19. The third kappa shape index (κ3) is 5.61. The minimum atomic E-state index is 0.535. The summed E-state index contributed by atoms with van der Waals surface area (Å²) in [5.74, 6) is 1.66. The van der Waals surface area contributed by atoms with Crippen molar-refractivity contribution in [1.29, 1.82) is 0 Å². The number of hydrogen-bond donors (Lipinski definition) is 0. The fraction of sp³-hybridized carbons (Fsp3) is 0.0426. The van der Waals surface area contributed by atoms with E-state index in [0.29, 0.717) is 18.9 Å². The molecule has 0 spiro atoms. The van der Waals surface area contributed by atoms with Crippen LogP contribution in [0.4, 0.5) is 17.1 Å². The third-order valence-electron chi connectivity index (χ3n) is 9.77. The van der Waals surface area contributed by atoms with Gasteiger partial charge in [0.05, 0.1) is 9.75 Å². The van der Waals surface area contributed by atoms with Gasteiger partial charge in [-0.2, -0.15) is 0 Å². The van der Waals surface area contributed by atoms with Crippen LogP contribution in [0.5, 0.6) is 11.5 Å². The summed E-state index contributed by atoms with van der Waals surface area (Å²) in [7, 11) is 0. The van der Waals surface area contributed by atoms with Crippen LogP contribution in [0.2, 0.25) is 0 Å².